The largest absolute Gasteiger partial charge is 0.481 e. The minimum atomic E-state index is -0.840. The molecule has 0 unspecified atom stereocenters. The molecule has 1 heterocycles. The van der Waals surface area contributed by atoms with Gasteiger partial charge >= 0.3 is 12.0 Å². The fraction of sp³-hybridized carbons (Fsp3) is 0.857. The molecule has 2 rings (SSSR count). The average Bonchev–Trinajstić information content (AvgIpc) is 2.39. The van der Waals surface area contributed by atoms with Gasteiger partial charge < -0.3 is 21.1 Å². The zero-order chi connectivity index (χ0) is 14.6. The molecule has 114 valence electrons. The Morgan fingerprint density at radius 2 is 1.80 bits per heavy atom. The molecule has 0 aromatic heterocycles. The predicted molar refractivity (Wildman–Crippen MR) is 75.4 cm³/mol. The van der Waals surface area contributed by atoms with E-state index in [4.69, 9.17) is 10.8 Å². The van der Waals surface area contributed by atoms with Crippen LogP contribution in [0.3, 0.4) is 0 Å². The van der Waals surface area contributed by atoms with Crippen LogP contribution >= 0.6 is 0 Å². The van der Waals surface area contributed by atoms with Gasteiger partial charge in [-0.05, 0) is 25.7 Å². The van der Waals surface area contributed by atoms with Gasteiger partial charge in [0.05, 0.1) is 12.0 Å². The van der Waals surface area contributed by atoms with E-state index in [1.165, 1.54) is 0 Å². The van der Waals surface area contributed by atoms with Crippen LogP contribution in [0.2, 0.25) is 0 Å². The first kappa shape index (κ1) is 15.1. The molecular weight excluding hydrogens is 258 g/mol. The van der Waals surface area contributed by atoms with Crippen LogP contribution in [0.25, 0.3) is 0 Å². The Morgan fingerprint density at radius 1 is 1.20 bits per heavy atom. The Labute approximate surface area is 119 Å². The highest BCUT2D eigenvalue weighted by molar-refractivity contribution is 5.77. The van der Waals surface area contributed by atoms with Crippen molar-refractivity contribution in [3.63, 3.8) is 0 Å². The molecule has 2 amide bonds. The van der Waals surface area contributed by atoms with Crippen molar-refractivity contribution in [1.82, 2.24) is 10.2 Å². The molecule has 1 aliphatic heterocycles. The molecule has 1 aliphatic carbocycles. The maximum Gasteiger partial charge on any atom is 0.317 e. The minimum Gasteiger partial charge on any atom is -0.481 e. The Balaban J connectivity index is 1.96. The summed E-state index contributed by atoms with van der Waals surface area (Å²) in [5.74, 6) is -0.840. The van der Waals surface area contributed by atoms with E-state index in [2.05, 4.69) is 5.32 Å². The lowest BCUT2D eigenvalue weighted by molar-refractivity contribution is -0.139. The zero-order valence-electron chi connectivity index (χ0n) is 11.9. The number of nitrogens with one attached hydrogen (secondary N) is 1. The van der Waals surface area contributed by atoms with Gasteiger partial charge in [0.15, 0.2) is 0 Å². The SMILES string of the molecule is NC1CCN(C(=O)NC2(CC(=O)O)CCCCC2)CC1. The lowest BCUT2D eigenvalue weighted by Gasteiger charge is -2.40. The van der Waals surface area contributed by atoms with Crippen molar-refractivity contribution in [2.45, 2.75) is 62.9 Å². The van der Waals surface area contributed by atoms with E-state index >= 15 is 0 Å². The number of carbonyl (C=O) groups is 2. The summed E-state index contributed by atoms with van der Waals surface area (Å²) in [4.78, 5) is 25.2. The number of amides is 2. The van der Waals surface area contributed by atoms with Gasteiger partial charge in [0.25, 0.3) is 0 Å². The second-order valence-electron chi connectivity index (χ2n) is 6.17. The number of hydrogen-bond acceptors (Lipinski definition) is 3. The van der Waals surface area contributed by atoms with E-state index in [-0.39, 0.29) is 18.5 Å². The topological polar surface area (TPSA) is 95.7 Å². The van der Waals surface area contributed by atoms with Gasteiger partial charge in [-0.3, -0.25) is 4.79 Å². The van der Waals surface area contributed by atoms with Gasteiger partial charge in [-0.2, -0.15) is 0 Å². The fourth-order valence-corrected chi connectivity index (χ4v) is 3.27. The number of nitrogens with two attached hydrogens (primary N) is 1. The summed E-state index contributed by atoms with van der Waals surface area (Å²) in [5.41, 5.74) is 5.28. The molecule has 0 aromatic carbocycles. The molecule has 0 radical (unpaired) electrons. The standard InChI is InChI=1S/C14H25N3O3/c15-11-4-8-17(9-5-11)13(20)16-14(10-12(18)19)6-2-1-3-7-14/h11H,1-10,15H2,(H,16,20)(H,18,19). The highest BCUT2D eigenvalue weighted by Gasteiger charge is 2.37. The second kappa shape index (κ2) is 6.43. The first-order chi connectivity index (χ1) is 9.51. The molecular formula is C14H25N3O3. The first-order valence-electron chi connectivity index (χ1n) is 7.55. The molecule has 0 bridgehead atoms. The van der Waals surface area contributed by atoms with Crippen LogP contribution in [0.4, 0.5) is 4.79 Å². The third-order valence-electron chi connectivity index (χ3n) is 4.50. The number of carboxylic acids is 1. The maximum absolute atomic E-state index is 12.3. The van der Waals surface area contributed by atoms with Gasteiger partial charge in [0, 0.05) is 19.1 Å². The summed E-state index contributed by atoms with van der Waals surface area (Å²) in [6, 6.07) is 0.0572. The van der Waals surface area contributed by atoms with E-state index in [0.29, 0.717) is 13.1 Å². The Hall–Kier alpha value is -1.30. The number of nitrogens with zero attached hydrogens (tertiary/aromatic N) is 1. The maximum atomic E-state index is 12.3. The Bertz CT molecular complexity index is 359. The van der Waals surface area contributed by atoms with Gasteiger partial charge in [0.1, 0.15) is 0 Å². The van der Waals surface area contributed by atoms with Crippen LogP contribution in [-0.2, 0) is 4.79 Å². The molecule has 6 heteroatoms. The highest BCUT2D eigenvalue weighted by atomic mass is 16.4. The van der Waals surface area contributed by atoms with Crippen molar-refractivity contribution >= 4 is 12.0 Å². The fourth-order valence-electron chi connectivity index (χ4n) is 3.27. The number of urea groups is 1. The van der Waals surface area contributed by atoms with E-state index in [9.17, 15) is 9.59 Å². The first-order valence-corrected chi connectivity index (χ1v) is 7.55. The van der Waals surface area contributed by atoms with E-state index in [0.717, 1.165) is 44.9 Å². The van der Waals surface area contributed by atoms with Crippen LogP contribution in [0.1, 0.15) is 51.4 Å². The number of rotatable bonds is 3. The molecule has 0 atom stereocenters. The molecule has 0 spiro atoms. The summed E-state index contributed by atoms with van der Waals surface area (Å²) in [6.07, 6.45) is 6.27. The van der Waals surface area contributed by atoms with Crippen LogP contribution < -0.4 is 11.1 Å². The van der Waals surface area contributed by atoms with Crippen LogP contribution in [0.15, 0.2) is 0 Å². The molecule has 2 aliphatic rings. The minimum absolute atomic E-state index is 0.0199. The van der Waals surface area contributed by atoms with Crippen molar-refractivity contribution in [3.05, 3.63) is 0 Å². The summed E-state index contributed by atoms with van der Waals surface area (Å²) in [7, 11) is 0. The number of hydrogen-bond donors (Lipinski definition) is 3. The number of carbonyl (C=O) groups excluding carboxylic acids is 1. The number of likely N-dealkylation sites (tertiary alicyclic amines) is 1. The van der Waals surface area contributed by atoms with E-state index in [1.54, 1.807) is 4.90 Å². The van der Waals surface area contributed by atoms with Gasteiger partial charge in [0.2, 0.25) is 0 Å². The summed E-state index contributed by atoms with van der Waals surface area (Å²) < 4.78 is 0. The normalized spacial score (nSPS) is 23.4. The molecule has 1 saturated heterocycles. The third-order valence-corrected chi connectivity index (χ3v) is 4.50. The van der Waals surface area contributed by atoms with Crippen molar-refractivity contribution in [1.29, 1.82) is 0 Å². The van der Waals surface area contributed by atoms with Gasteiger partial charge in [-0.25, -0.2) is 4.79 Å². The molecule has 4 N–H and O–H groups in total. The number of piperidine rings is 1. The van der Waals surface area contributed by atoms with Gasteiger partial charge in [-0.15, -0.1) is 0 Å². The van der Waals surface area contributed by atoms with Crippen LogP contribution in [0.5, 0.6) is 0 Å². The zero-order valence-corrected chi connectivity index (χ0v) is 11.9. The summed E-state index contributed by atoms with van der Waals surface area (Å²) in [6.45, 7) is 1.33. The van der Waals surface area contributed by atoms with Gasteiger partial charge in [-0.1, -0.05) is 19.3 Å². The second-order valence-corrected chi connectivity index (χ2v) is 6.17. The predicted octanol–water partition coefficient (Wildman–Crippen LogP) is 1.30. The van der Waals surface area contributed by atoms with Crippen LogP contribution in [0, 0.1) is 0 Å². The van der Waals surface area contributed by atoms with Crippen molar-refractivity contribution in [2.75, 3.05) is 13.1 Å². The lowest BCUT2D eigenvalue weighted by Crippen LogP contribution is -2.56. The smallest absolute Gasteiger partial charge is 0.317 e. The number of carboxylic acid groups (broad SMARTS) is 1. The number of aliphatic carboxylic acids is 1. The van der Waals surface area contributed by atoms with Crippen molar-refractivity contribution in [3.8, 4) is 0 Å². The summed E-state index contributed by atoms with van der Waals surface area (Å²) in [5, 5.41) is 12.1. The molecule has 0 aromatic rings. The van der Waals surface area contributed by atoms with E-state index < -0.39 is 11.5 Å². The average molecular weight is 283 g/mol. The lowest BCUT2D eigenvalue weighted by atomic mass is 9.79. The molecule has 20 heavy (non-hydrogen) atoms. The molecule has 2 fully saturated rings. The van der Waals surface area contributed by atoms with Crippen molar-refractivity contribution in [2.24, 2.45) is 5.73 Å². The Morgan fingerprint density at radius 3 is 2.35 bits per heavy atom. The Kier molecular flexibility index (Phi) is 4.86. The molecule has 6 nitrogen and oxygen atoms in total. The van der Waals surface area contributed by atoms with Crippen LogP contribution in [-0.4, -0.2) is 46.7 Å². The summed E-state index contributed by atoms with van der Waals surface area (Å²) >= 11 is 0. The quantitative estimate of drug-likeness (QED) is 0.727. The highest BCUT2D eigenvalue weighted by Crippen LogP contribution is 2.31. The third kappa shape index (κ3) is 3.85. The molecule has 1 saturated carbocycles. The monoisotopic (exact) mass is 283 g/mol. The van der Waals surface area contributed by atoms with Crippen molar-refractivity contribution < 1.29 is 14.7 Å². The van der Waals surface area contributed by atoms with E-state index in [1.807, 2.05) is 0 Å².